The smallest absolute Gasteiger partial charge is 0.142 e. The van der Waals surface area contributed by atoms with Gasteiger partial charge in [-0.05, 0) is 30.4 Å². The molecule has 1 heterocycles. The molecule has 1 aromatic carbocycles. The molecule has 2 rings (SSSR count). The summed E-state index contributed by atoms with van der Waals surface area (Å²) in [6.07, 6.45) is 1.30. The second-order valence-corrected chi connectivity index (χ2v) is 4.91. The lowest BCUT2D eigenvalue weighted by Crippen LogP contribution is -2.21. The maximum atomic E-state index is 5.41. The minimum absolute atomic E-state index is 0.778. The molecule has 0 saturated carbocycles. The van der Waals surface area contributed by atoms with Crippen LogP contribution in [0.15, 0.2) is 24.3 Å². The Morgan fingerprint density at radius 3 is 2.69 bits per heavy atom. The molecule has 88 valence electrons. The second-order valence-electron chi connectivity index (χ2n) is 4.91. The molecule has 0 N–H and O–H groups in total. The summed E-state index contributed by atoms with van der Waals surface area (Å²) in [5.41, 5.74) is 1.24. The maximum absolute atomic E-state index is 5.41. The number of benzene rings is 1. The van der Waals surface area contributed by atoms with Gasteiger partial charge in [0.15, 0.2) is 0 Å². The van der Waals surface area contributed by atoms with Crippen LogP contribution >= 0.6 is 0 Å². The molecule has 0 bridgehead atoms. The zero-order valence-electron chi connectivity index (χ0n) is 10.4. The van der Waals surface area contributed by atoms with E-state index < -0.39 is 0 Å². The van der Waals surface area contributed by atoms with Crippen molar-refractivity contribution in [1.29, 1.82) is 0 Å². The fraction of sp³-hybridized carbons (Fsp3) is 0.571. The van der Waals surface area contributed by atoms with E-state index in [2.05, 4.69) is 30.9 Å². The number of ether oxygens (including phenoxy) is 1. The largest absolute Gasteiger partial charge is 0.495 e. The first kappa shape index (κ1) is 11.3. The highest BCUT2D eigenvalue weighted by atomic mass is 16.5. The Balaban J connectivity index is 2.14. The van der Waals surface area contributed by atoms with Crippen LogP contribution in [0, 0.1) is 11.8 Å². The normalized spacial score (nSPS) is 20.5. The van der Waals surface area contributed by atoms with Crippen LogP contribution in [0.1, 0.15) is 20.3 Å². The average molecular weight is 219 g/mol. The van der Waals surface area contributed by atoms with Gasteiger partial charge in [-0.1, -0.05) is 26.0 Å². The van der Waals surface area contributed by atoms with Crippen molar-refractivity contribution in [2.75, 3.05) is 25.1 Å². The van der Waals surface area contributed by atoms with E-state index >= 15 is 0 Å². The molecule has 1 atom stereocenters. The summed E-state index contributed by atoms with van der Waals surface area (Å²) in [7, 11) is 1.74. The Morgan fingerprint density at radius 1 is 1.31 bits per heavy atom. The molecular formula is C14H21NO. The standard InChI is InChI=1S/C14H21NO/c1-11(2)12-8-9-15(10-12)13-6-4-5-7-14(13)16-3/h4-7,11-12H,8-10H2,1-3H3. The predicted molar refractivity (Wildman–Crippen MR) is 68.2 cm³/mol. The molecule has 1 fully saturated rings. The summed E-state index contributed by atoms with van der Waals surface area (Å²) in [6.45, 7) is 6.95. The highest BCUT2D eigenvalue weighted by molar-refractivity contribution is 5.58. The van der Waals surface area contributed by atoms with E-state index in [4.69, 9.17) is 4.74 Å². The van der Waals surface area contributed by atoms with E-state index in [9.17, 15) is 0 Å². The molecule has 2 nitrogen and oxygen atoms in total. The molecule has 1 aliphatic rings. The predicted octanol–water partition coefficient (Wildman–Crippen LogP) is 3.18. The van der Waals surface area contributed by atoms with Crippen molar-refractivity contribution in [2.45, 2.75) is 20.3 Å². The van der Waals surface area contributed by atoms with Crippen LogP contribution in [0.3, 0.4) is 0 Å². The lowest BCUT2D eigenvalue weighted by Gasteiger charge is -2.22. The molecule has 0 radical (unpaired) electrons. The molecule has 2 heteroatoms. The third-order valence-corrected chi connectivity index (χ3v) is 3.59. The lowest BCUT2D eigenvalue weighted by atomic mass is 9.95. The number of hydrogen-bond acceptors (Lipinski definition) is 2. The SMILES string of the molecule is COc1ccccc1N1CCC(C(C)C)C1. The zero-order valence-corrected chi connectivity index (χ0v) is 10.4. The van der Waals surface area contributed by atoms with Crippen LogP contribution in [0.2, 0.25) is 0 Å². The minimum atomic E-state index is 0.778. The summed E-state index contributed by atoms with van der Waals surface area (Å²) >= 11 is 0. The molecule has 0 aliphatic carbocycles. The number of nitrogens with zero attached hydrogens (tertiary/aromatic N) is 1. The summed E-state index contributed by atoms with van der Waals surface area (Å²) in [5.74, 6) is 2.59. The Kier molecular flexibility index (Phi) is 3.37. The molecule has 0 spiro atoms. The third kappa shape index (κ3) is 2.16. The van der Waals surface area contributed by atoms with Gasteiger partial charge >= 0.3 is 0 Å². The molecule has 1 unspecified atom stereocenters. The first-order valence-electron chi connectivity index (χ1n) is 6.10. The number of hydrogen-bond donors (Lipinski definition) is 0. The average Bonchev–Trinajstić information content (AvgIpc) is 2.78. The lowest BCUT2D eigenvalue weighted by molar-refractivity contribution is 0.411. The van der Waals surface area contributed by atoms with Gasteiger partial charge in [0.25, 0.3) is 0 Å². The van der Waals surface area contributed by atoms with Crippen LogP contribution in [-0.2, 0) is 0 Å². The van der Waals surface area contributed by atoms with Crippen LogP contribution in [0.4, 0.5) is 5.69 Å². The summed E-state index contributed by atoms with van der Waals surface area (Å²) in [5, 5.41) is 0. The van der Waals surface area contributed by atoms with E-state index in [0.717, 1.165) is 30.7 Å². The third-order valence-electron chi connectivity index (χ3n) is 3.59. The monoisotopic (exact) mass is 219 g/mol. The van der Waals surface area contributed by atoms with E-state index in [1.165, 1.54) is 12.1 Å². The van der Waals surface area contributed by atoms with Gasteiger partial charge in [-0.3, -0.25) is 0 Å². The van der Waals surface area contributed by atoms with E-state index in [1.54, 1.807) is 7.11 Å². The van der Waals surface area contributed by atoms with Crippen molar-refractivity contribution in [3.63, 3.8) is 0 Å². The first-order valence-corrected chi connectivity index (χ1v) is 6.10. The van der Waals surface area contributed by atoms with E-state index in [-0.39, 0.29) is 0 Å². The Labute approximate surface area is 98.2 Å². The quantitative estimate of drug-likeness (QED) is 0.774. The molecular weight excluding hydrogens is 198 g/mol. The number of para-hydroxylation sites is 2. The van der Waals surface area contributed by atoms with Crippen molar-refractivity contribution in [3.05, 3.63) is 24.3 Å². The van der Waals surface area contributed by atoms with Crippen LogP contribution < -0.4 is 9.64 Å². The Morgan fingerprint density at radius 2 is 2.06 bits per heavy atom. The number of rotatable bonds is 3. The number of anilines is 1. The summed E-state index contributed by atoms with van der Waals surface area (Å²) in [6, 6.07) is 8.30. The van der Waals surface area contributed by atoms with Gasteiger partial charge in [0, 0.05) is 13.1 Å². The van der Waals surface area contributed by atoms with E-state index in [0.29, 0.717) is 0 Å². The highest BCUT2D eigenvalue weighted by Gasteiger charge is 2.26. The second kappa shape index (κ2) is 4.77. The van der Waals surface area contributed by atoms with Crippen molar-refractivity contribution < 1.29 is 4.74 Å². The van der Waals surface area contributed by atoms with Crippen LogP contribution in [0.5, 0.6) is 5.75 Å². The first-order chi connectivity index (χ1) is 7.72. The topological polar surface area (TPSA) is 12.5 Å². The highest BCUT2D eigenvalue weighted by Crippen LogP contribution is 2.33. The molecule has 0 aromatic heterocycles. The zero-order chi connectivity index (χ0) is 11.5. The van der Waals surface area contributed by atoms with Gasteiger partial charge < -0.3 is 9.64 Å². The molecule has 1 saturated heterocycles. The molecule has 1 aliphatic heterocycles. The summed E-state index contributed by atoms with van der Waals surface area (Å²) < 4.78 is 5.41. The van der Waals surface area contributed by atoms with Crippen molar-refractivity contribution in [1.82, 2.24) is 0 Å². The van der Waals surface area contributed by atoms with Crippen molar-refractivity contribution >= 4 is 5.69 Å². The van der Waals surface area contributed by atoms with Crippen molar-refractivity contribution in [3.8, 4) is 5.75 Å². The minimum Gasteiger partial charge on any atom is -0.495 e. The van der Waals surface area contributed by atoms with Crippen LogP contribution in [-0.4, -0.2) is 20.2 Å². The van der Waals surface area contributed by atoms with Gasteiger partial charge in [-0.15, -0.1) is 0 Å². The van der Waals surface area contributed by atoms with Gasteiger partial charge in [-0.2, -0.15) is 0 Å². The molecule has 16 heavy (non-hydrogen) atoms. The van der Waals surface area contributed by atoms with Crippen molar-refractivity contribution in [2.24, 2.45) is 11.8 Å². The Hall–Kier alpha value is -1.18. The summed E-state index contributed by atoms with van der Waals surface area (Å²) in [4.78, 5) is 2.45. The van der Waals surface area contributed by atoms with Crippen LogP contribution in [0.25, 0.3) is 0 Å². The number of methoxy groups -OCH3 is 1. The van der Waals surface area contributed by atoms with Gasteiger partial charge in [-0.25, -0.2) is 0 Å². The van der Waals surface area contributed by atoms with Gasteiger partial charge in [0.2, 0.25) is 0 Å². The fourth-order valence-electron chi connectivity index (χ4n) is 2.44. The van der Waals surface area contributed by atoms with Gasteiger partial charge in [0.05, 0.1) is 12.8 Å². The molecule has 0 amide bonds. The Bertz CT molecular complexity index is 348. The maximum Gasteiger partial charge on any atom is 0.142 e. The fourth-order valence-corrected chi connectivity index (χ4v) is 2.44. The van der Waals surface area contributed by atoms with E-state index in [1.807, 2.05) is 12.1 Å². The van der Waals surface area contributed by atoms with Gasteiger partial charge in [0.1, 0.15) is 5.75 Å². The molecule has 1 aromatic rings.